The van der Waals surface area contributed by atoms with Crippen LogP contribution in [0.15, 0.2) is 6.20 Å². The summed E-state index contributed by atoms with van der Waals surface area (Å²) in [5, 5.41) is 4.21. The van der Waals surface area contributed by atoms with Crippen molar-refractivity contribution in [2.45, 2.75) is 24.9 Å². The van der Waals surface area contributed by atoms with E-state index in [2.05, 4.69) is 5.10 Å². The van der Waals surface area contributed by atoms with Gasteiger partial charge in [-0.15, -0.1) is 0 Å². The fourth-order valence-corrected chi connectivity index (χ4v) is 1.81. The summed E-state index contributed by atoms with van der Waals surface area (Å²) in [4.78, 5) is 14.4. The van der Waals surface area contributed by atoms with E-state index in [1.807, 2.05) is 19.0 Å². The second-order valence-corrected chi connectivity index (χ2v) is 5.07. The molecular formula is C12H20N4O2. The van der Waals surface area contributed by atoms with Gasteiger partial charge in [-0.3, -0.25) is 9.48 Å². The number of nitrogens with zero attached hydrogens (tertiary/aromatic N) is 3. The molecule has 18 heavy (non-hydrogen) atoms. The summed E-state index contributed by atoms with van der Waals surface area (Å²) in [5.74, 6) is 0.450. The maximum absolute atomic E-state index is 12.4. The Hall–Kier alpha value is -1.40. The number of ether oxygens (including phenoxy) is 1. The molecule has 6 nitrogen and oxygen atoms in total. The van der Waals surface area contributed by atoms with Gasteiger partial charge in [0.15, 0.2) is 5.75 Å². The highest BCUT2D eigenvalue weighted by atomic mass is 16.5. The summed E-state index contributed by atoms with van der Waals surface area (Å²) in [5.41, 5.74) is 5.78. The third kappa shape index (κ3) is 2.39. The average molecular weight is 252 g/mol. The predicted molar refractivity (Wildman–Crippen MR) is 67.8 cm³/mol. The van der Waals surface area contributed by atoms with E-state index >= 15 is 0 Å². The molecule has 2 rings (SSSR count). The average Bonchev–Trinajstić information content (AvgIpc) is 2.95. The van der Waals surface area contributed by atoms with Gasteiger partial charge >= 0.3 is 0 Å². The Morgan fingerprint density at radius 1 is 1.61 bits per heavy atom. The molecule has 0 bridgehead atoms. The minimum Gasteiger partial charge on any atom is -0.493 e. The molecule has 0 spiro atoms. The fourth-order valence-electron chi connectivity index (χ4n) is 1.81. The number of nitrogens with two attached hydrogens (primary N) is 1. The largest absolute Gasteiger partial charge is 0.493 e. The quantitative estimate of drug-likeness (QED) is 0.728. The van der Waals surface area contributed by atoms with Crippen molar-refractivity contribution in [2.24, 2.45) is 5.73 Å². The van der Waals surface area contributed by atoms with E-state index in [0.29, 0.717) is 18.0 Å². The first-order chi connectivity index (χ1) is 8.48. The molecule has 1 aromatic heterocycles. The van der Waals surface area contributed by atoms with Crippen molar-refractivity contribution in [3.05, 3.63) is 11.9 Å². The van der Waals surface area contributed by atoms with Crippen LogP contribution in [0.25, 0.3) is 0 Å². The van der Waals surface area contributed by atoms with Crippen molar-refractivity contribution < 1.29 is 9.53 Å². The first-order valence-corrected chi connectivity index (χ1v) is 6.06. The number of hydrogen-bond donors (Lipinski definition) is 1. The van der Waals surface area contributed by atoms with Gasteiger partial charge in [-0.05, 0) is 26.9 Å². The van der Waals surface area contributed by atoms with Gasteiger partial charge < -0.3 is 15.4 Å². The smallest absolute Gasteiger partial charge is 0.204 e. The zero-order valence-corrected chi connectivity index (χ0v) is 11.1. The van der Waals surface area contributed by atoms with Gasteiger partial charge in [0.1, 0.15) is 5.69 Å². The Balaban J connectivity index is 2.25. The van der Waals surface area contributed by atoms with Gasteiger partial charge in [0.2, 0.25) is 5.78 Å². The number of carbonyl (C=O) groups excluding carboxylic acids is 1. The zero-order valence-electron chi connectivity index (χ0n) is 11.1. The molecule has 0 unspecified atom stereocenters. The first-order valence-electron chi connectivity index (χ1n) is 6.06. The van der Waals surface area contributed by atoms with E-state index in [0.717, 1.165) is 19.4 Å². The van der Waals surface area contributed by atoms with Crippen LogP contribution in [0.2, 0.25) is 0 Å². The minimum atomic E-state index is -0.691. The molecule has 1 fully saturated rings. The first kappa shape index (κ1) is 13.0. The second-order valence-electron chi connectivity index (χ2n) is 5.07. The summed E-state index contributed by atoms with van der Waals surface area (Å²) in [7, 11) is 5.50. The van der Waals surface area contributed by atoms with Crippen molar-refractivity contribution in [3.8, 4) is 5.75 Å². The molecular weight excluding hydrogens is 232 g/mol. The lowest BCUT2D eigenvalue weighted by molar-refractivity contribution is 0.0934. The van der Waals surface area contributed by atoms with Crippen molar-refractivity contribution in [2.75, 3.05) is 27.7 Å². The van der Waals surface area contributed by atoms with E-state index in [1.54, 1.807) is 18.0 Å². The topological polar surface area (TPSA) is 73.4 Å². The van der Waals surface area contributed by atoms with Crippen LogP contribution >= 0.6 is 0 Å². The van der Waals surface area contributed by atoms with Crippen LogP contribution in [0.1, 0.15) is 23.3 Å². The van der Waals surface area contributed by atoms with E-state index in [1.165, 1.54) is 0 Å². The SMILES string of the molecule is COc1cnn(CCN(C)C)c1C(=O)C1(N)CC1. The monoisotopic (exact) mass is 252 g/mol. The van der Waals surface area contributed by atoms with Crippen LogP contribution in [0.4, 0.5) is 0 Å². The Bertz CT molecular complexity index is 449. The molecule has 0 aromatic carbocycles. The van der Waals surface area contributed by atoms with Crippen LogP contribution in [0, 0.1) is 0 Å². The summed E-state index contributed by atoms with van der Waals surface area (Å²) < 4.78 is 6.89. The molecule has 0 amide bonds. The summed E-state index contributed by atoms with van der Waals surface area (Å²) in [6.07, 6.45) is 3.07. The van der Waals surface area contributed by atoms with Gasteiger partial charge in [-0.1, -0.05) is 0 Å². The Labute approximate surface area is 107 Å². The molecule has 2 N–H and O–H groups in total. The van der Waals surface area contributed by atoms with Crippen molar-refractivity contribution in [1.82, 2.24) is 14.7 Å². The molecule has 0 radical (unpaired) electrons. The molecule has 1 aliphatic carbocycles. The van der Waals surface area contributed by atoms with Crippen LogP contribution < -0.4 is 10.5 Å². The lowest BCUT2D eigenvalue weighted by atomic mass is 10.1. The third-order valence-corrected chi connectivity index (χ3v) is 3.24. The van der Waals surface area contributed by atoms with Crippen molar-refractivity contribution in [1.29, 1.82) is 0 Å². The van der Waals surface area contributed by atoms with Crippen LogP contribution in [-0.2, 0) is 6.54 Å². The highest BCUT2D eigenvalue weighted by Crippen LogP contribution is 2.37. The highest BCUT2D eigenvalue weighted by Gasteiger charge is 2.48. The number of Topliss-reactive ketones (excluding diaryl/α,β-unsaturated/α-hetero) is 1. The molecule has 1 aliphatic rings. The van der Waals surface area contributed by atoms with Gasteiger partial charge in [0, 0.05) is 6.54 Å². The number of methoxy groups -OCH3 is 1. The summed E-state index contributed by atoms with van der Waals surface area (Å²) >= 11 is 0. The number of likely N-dealkylation sites (N-methyl/N-ethyl adjacent to an activating group) is 1. The number of hydrogen-bond acceptors (Lipinski definition) is 5. The Kier molecular flexibility index (Phi) is 3.41. The molecule has 0 saturated heterocycles. The summed E-state index contributed by atoms with van der Waals surface area (Å²) in [6, 6.07) is 0. The minimum absolute atomic E-state index is 0.0596. The van der Waals surface area contributed by atoms with Crippen molar-refractivity contribution in [3.63, 3.8) is 0 Å². The van der Waals surface area contributed by atoms with Gasteiger partial charge in [0.05, 0.1) is 25.4 Å². The maximum Gasteiger partial charge on any atom is 0.204 e. The lowest BCUT2D eigenvalue weighted by Crippen LogP contribution is -2.35. The fraction of sp³-hybridized carbons (Fsp3) is 0.667. The Morgan fingerprint density at radius 2 is 2.28 bits per heavy atom. The number of rotatable bonds is 6. The van der Waals surface area contributed by atoms with Crippen molar-refractivity contribution >= 4 is 5.78 Å². The van der Waals surface area contributed by atoms with E-state index in [4.69, 9.17) is 10.5 Å². The number of ketones is 1. The standard InChI is InChI=1S/C12H20N4O2/c1-15(2)6-7-16-10(9(18-3)8-14-16)11(17)12(13)4-5-12/h8H,4-7,13H2,1-3H3. The molecule has 6 heteroatoms. The molecule has 1 heterocycles. The molecule has 100 valence electrons. The molecule has 1 aromatic rings. The zero-order chi connectivity index (χ0) is 13.3. The summed E-state index contributed by atoms with van der Waals surface area (Å²) in [6.45, 7) is 1.45. The van der Waals surface area contributed by atoms with E-state index in [-0.39, 0.29) is 5.78 Å². The number of carbonyl (C=O) groups is 1. The molecule has 1 saturated carbocycles. The number of aromatic nitrogens is 2. The Morgan fingerprint density at radius 3 is 2.78 bits per heavy atom. The molecule has 0 atom stereocenters. The maximum atomic E-state index is 12.4. The van der Waals surface area contributed by atoms with Gasteiger partial charge in [-0.25, -0.2) is 0 Å². The third-order valence-electron chi connectivity index (χ3n) is 3.24. The second kappa shape index (κ2) is 4.70. The van der Waals surface area contributed by atoms with Crippen LogP contribution in [-0.4, -0.2) is 53.8 Å². The lowest BCUT2D eigenvalue weighted by Gasteiger charge is -2.14. The van der Waals surface area contributed by atoms with Gasteiger partial charge in [-0.2, -0.15) is 5.10 Å². The normalized spacial score (nSPS) is 16.9. The van der Waals surface area contributed by atoms with E-state index in [9.17, 15) is 4.79 Å². The van der Waals surface area contributed by atoms with Crippen LogP contribution in [0.3, 0.4) is 0 Å². The predicted octanol–water partition coefficient (Wildman–Crippen LogP) is 0.127. The van der Waals surface area contributed by atoms with Gasteiger partial charge in [0.25, 0.3) is 0 Å². The van der Waals surface area contributed by atoms with E-state index < -0.39 is 5.54 Å². The molecule has 0 aliphatic heterocycles. The van der Waals surface area contributed by atoms with Crippen LogP contribution in [0.5, 0.6) is 5.75 Å². The highest BCUT2D eigenvalue weighted by molar-refractivity contribution is 6.05.